The van der Waals surface area contributed by atoms with Gasteiger partial charge in [0.05, 0.1) is 13.2 Å². The molecule has 0 aromatic carbocycles. The predicted octanol–water partition coefficient (Wildman–Crippen LogP) is 0.396. The van der Waals surface area contributed by atoms with Crippen molar-refractivity contribution in [1.82, 2.24) is 0 Å². The summed E-state index contributed by atoms with van der Waals surface area (Å²) >= 11 is 0. The van der Waals surface area contributed by atoms with E-state index in [1.165, 1.54) is 0 Å². The fourth-order valence-electron chi connectivity index (χ4n) is 0.529. The van der Waals surface area contributed by atoms with Gasteiger partial charge in [0.1, 0.15) is 0 Å². The molecule has 0 aliphatic rings. The zero-order valence-electron chi connectivity index (χ0n) is 8.04. The van der Waals surface area contributed by atoms with E-state index in [2.05, 4.69) is 20.2 Å². The summed E-state index contributed by atoms with van der Waals surface area (Å²) < 4.78 is 24.3. The minimum atomic E-state index is -4.29. The van der Waals surface area contributed by atoms with Gasteiger partial charge >= 0.3 is 19.8 Å². The van der Waals surface area contributed by atoms with Crippen molar-refractivity contribution in [1.29, 1.82) is 0 Å². The molecule has 15 heavy (non-hydrogen) atoms. The fraction of sp³-hybridized carbons (Fsp3) is 0.429. The maximum atomic E-state index is 11.5. The highest BCUT2D eigenvalue weighted by molar-refractivity contribution is 7.49. The summed E-state index contributed by atoms with van der Waals surface area (Å²) in [6.07, 6.45) is 0.735. The SMILES string of the molecule is C=CC(=O)OP(=O)(OCCO)OC(C)=O. The quantitative estimate of drug-likeness (QED) is 0.527. The molecule has 7 nitrogen and oxygen atoms in total. The Morgan fingerprint density at radius 3 is 2.47 bits per heavy atom. The van der Waals surface area contributed by atoms with E-state index >= 15 is 0 Å². The number of carbonyl (C=O) groups excluding carboxylic acids is 2. The molecule has 1 atom stereocenters. The van der Waals surface area contributed by atoms with Crippen molar-refractivity contribution < 1.29 is 32.8 Å². The van der Waals surface area contributed by atoms with E-state index in [9.17, 15) is 14.2 Å². The number of aliphatic hydroxyl groups is 1. The van der Waals surface area contributed by atoms with Crippen LogP contribution in [0, 0.1) is 0 Å². The predicted molar refractivity (Wildman–Crippen MR) is 48.7 cm³/mol. The fourth-order valence-corrected chi connectivity index (χ4v) is 1.59. The second-order valence-corrected chi connectivity index (χ2v) is 3.72. The van der Waals surface area contributed by atoms with Crippen molar-refractivity contribution in [3.05, 3.63) is 12.7 Å². The molecule has 0 saturated carbocycles. The molecule has 0 aromatic rings. The highest BCUT2D eigenvalue weighted by Crippen LogP contribution is 2.49. The first kappa shape index (κ1) is 13.8. The first-order chi connectivity index (χ1) is 6.93. The van der Waals surface area contributed by atoms with Gasteiger partial charge in [0.15, 0.2) is 0 Å². The monoisotopic (exact) mass is 238 g/mol. The van der Waals surface area contributed by atoms with Crippen molar-refractivity contribution in [2.24, 2.45) is 0 Å². The zero-order valence-corrected chi connectivity index (χ0v) is 8.94. The molecular formula is C7H11O7P. The van der Waals surface area contributed by atoms with Crippen LogP contribution in [-0.4, -0.2) is 30.3 Å². The average molecular weight is 238 g/mol. The van der Waals surface area contributed by atoms with E-state index in [1.807, 2.05) is 0 Å². The van der Waals surface area contributed by atoms with E-state index < -0.39 is 33.0 Å². The number of rotatable bonds is 6. The van der Waals surface area contributed by atoms with Crippen LogP contribution in [0.3, 0.4) is 0 Å². The molecule has 0 aliphatic heterocycles. The Balaban J connectivity index is 4.53. The number of hydrogen-bond donors (Lipinski definition) is 1. The summed E-state index contributed by atoms with van der Waals surface area (Å²) in [6.45, 7) is 3.18. The lowest BCUT2D eigenvalue weighted by atomic mass is 10.7. The topological polar surface area (TPSA) is 99.1 Å². The smallest absolute Gasteiger partial charge is 0.394 e. The summed E-state index contributed by atoms with van der Waals surface area (Å²) in [5.74, 6) is -1.99. The van der Waals surface area contributed by atoms with Crippen LogP contribution in [0.1, 0.15) is 6.92 Å². The van der Waals surface area contributed by atoms with Gasteiger partial charge in [0.25, 0.3) is 0 Å². The molecule has 0 saturated heterocycles. The van der Waals surface area contributed by atoms with Crippen molar-refractivity contribution in [3.63, 3.8) is 0 Å². The third-order valence-corrected chi connectivity index (χ3v) is 2.33. The molecule has 0 spiro atoms. The van der Waals surface area contributed by atoms with Gasteiger partial charge in [-0.15, -0.1) is 0 Å². The van der Waals surface area contributed by atoms with E-state index in [-0.39, 0.29) is 0 Å². The number of hydrogen-bond acceptors (Lipinski definition) is 7. The van der Waals surface area contributed by atoms with Gasteiger partial charge in [0, 0.05) is 13.0 Å². The molecule has 0 fully saturated rings. The van der Waals surface area contributed by atoms with Gasteiger partial charge in [0.2, 0.25) is 0 Å². The largest absolute Gasteiger partial charge is 0.592 e. The van der Waals surface area contributed by atoms with Gasteiger partial charge in [-0.2, -0.15) is 0 Å². The first-order valence-electron chi connectivity index (χ1n) is 3.85. The third-order valence-electron chi connectivity index (χ3n) is 0.949. The molecule has 0 heterocycles. The Kier molecular flexibility index (Phi) is 5.84. The lowest BCUT2D eigenvalue weighted by Gasteiger charge is -2.14. The lowest BCUT2D eigenvalue weighted by molar-refractivity contribution is -0.137. The lowest BCUT2D eigenvalue weighted by Crippen LogP contribution is -2.09. The van der Waals surface area contributed by atoms with Gasteiger partial charge in [-0.1, -0.05) is 6.58 Å². The molecule has 0 aromatic heterocycles. The Bertz CT molecular complexity index is 298. The molecule has 0 radical (unpaired) electrons. The molecule has 0 amide bonds. The second-order valence-electron chi connectivity index (χ2n) is 2.20. The van der Waals surface area contributed by atoms with E-state index in [4.69, 9.17) is 5.11 Å². The molecule has 1 N–H and O–H groups in total. The van der Waals surface area contributed by atoms with Crippen LogP contribution in [0.4, 0.5) is 0 Å². The molecule has 0 bridgehead atoms. The van der Waals surface area contributed by atoms with Crippen molar-refractivity contribution >= 4 is 19.8 Å². The minimum absolute atomic E-state index is 0.394. The van der Waals surface area contributed by atoms with Crippen molar-refractivity contribution in [2.75, 3.05) is 13.2 Å². The molecule has 1 unspecified atom stereocenters. The van der Waals surface area contributed by atoms with Gasteiger partial charge in [-0.25, -0.2) is 9.36 Å². The second kappa shape index (κ2) is 6.34. The van der Waals surface area contributed by atoms with E-state index in [1.54, 1.807) is 0 Å². The average Bonchev–Trinajstić information content (AvgIpc) is 2.13. The number of phosphoric acid groups is 1. The van der Waals surface area contributed by atoms with Crippen LogP contribution in [0.2, 0.25) is 0 Å². The van der Waals surface area contributed by atoms with Gasteiger partial charge in [-0.05, 0) is 0 Å². The van der Waals surface area contributed by atoms with Crippen LogP contribution in [0.25, 0.3) is 0 Å². The molecule has 0 rings (SSSR count). The molecular weight excluding hydrogens is 227 g/mol. The Hall–Kier alpha value is -1.17. The van der Waals surface area contributed by atoms with Gasteiger partial charge in [-0.3, -0.25) is 9.32 Å². The minimum Gasteiger partial charge on any atom is -0.394 e. The first-order valence-corrected chi connectivity index (χ1v) is 5.31. The Morgan fingerprint density at radius 1 is 1.47 bits per heavy atom. The van der Waals surface area contributed by atoms with Crippen LogP contribution in [0.5, 0.6) is 0 Å². The van der Waals surface area contributed by atoms with Gasteiger partial charge < -0.3 is 14.2 Å². The molecule has 0 aliphatic carbocycles. The van der Waals surface area contributed by atoms with E-state index in [0.29, 0.717) is 0 Å². The van der Waals surface area contributed by atoms with Crippen LogP contribution in [0.15, 0.2) is 12.7 Å². The Labute approximate surface area is 86.2 Å². The van der Waals surface area contributed by atoms with E-state index in [0.717, 1.165) is 13.0 Å². The van der Waals surface area contributed by atoms with Crippen molar-refractivity contribution in [2.45, 2.75) is 6.92 Å². The molecule has 8 heteroatoms. The number of aliphatic hydroxyl groups excluding tert-OH is 1. The number of carbonyl (C=O) groups is 2. The maximum absolute atomic E-state index is 11.5. The summed E-state index contributed by atoms with van der Waals surface area (Å²) in [5, 5.41) is 8.41. The maximum Gasteiger partial charge on any atom is 0.592 e. The zero-order chi connectivity index (χ0) is 11.9. The third kappa shape index (κ3) is 6.01. The summed E-state index contributed by atoms with van der Waals surface area (Å²) in [5.41, 5.74) is 0. The van der Waals surface area contributed by atoms with Crippen LogP contribution >= 0.6 is 7.82 Å². The highest BCUT2D eigenvalue weighted by atomic mass is 31.2. The summed E-state index contributed by atoms with van der Waals surface area (Å²) in [6, 6.07) is 0. The van der Waals surface area contributed by atoms with Crippen LogP contribution in [-0.2, 0) is 27.7 Å². The van der Waals surface area contributed by atoms with Crippen molar-refractivity contribution in [3.8, 4) is 0 Å². The normalized spacial score (nSPS) is 13.7. The Morgan fingerprint density at radius 2 is 2.07 bits per heavy atom. The standard InChI is InChI=1S/C7H11O7P/c1-3-7(10)14-15(11,12-5-4-8)13-6(2)9/h3,8H,1,4-5H2,2H3. The number of phosphoric ester groups is 1. The highest BCUT2D eigenvalue weighted by Gasteiger charge is 2.33. The summed E-state index contributed by atoms with van der Waals surface area (Å²) in [7, 11) is -4.29. The van der Waals surface area contributed by atoms with Crippen LogP contribution < -0.4 is 0 Å². The summed E-state index contributed by atoms with van der Waals surface area (Å²) in [4.78, 5) is 21.3. The molecule has 86 valence electrons.